The Bertz CT molecular complexity index is 860. The van der Waals surface area contributed by atoms with Gasteiger partial charge in [0, 0.05) is 12.3 Å². The van der Waals surface area contributed by atoms with Gasteiger partial charge in [-0.2, -0.15) is 0 Å². The molecule has 0 unspecified atom stereocenters. The number of hydrogen-bond donors (Lipinski definition) is 0. The van der Waals surface area contributed by atoms with E-state index in [9.17, 15) is 9.59 Å². The van der Waals surface area contributed by atoms with E-state index in [4.69, 9.17) is 18.9 Å². The quantitative estimate of drug-likeness (QED) is 0.400. The van der Waals surface area contributed by atoms with E-state index in [2.05, 4.69) is 0 Å². The molecule has 0 amide bonds. The second kappa shape index (κ2) is 13.5. The van der Waals surface area contributed by atoms with Crippen LogP contribution in [0.15, 0.2) is 60.7 Å². The van der Waals surface area contributed by atoms with Gasteiger partial charge in [0.1, 0.15) is 17.3 Å². The maximum atomic E-state index is 12.1. The zero-order chi connectivity index (χ0) is 23.5. The first-order chi connectivity index (χ1) is 16.1. The van der Waals surface area contributed by atoms with Crippen molar-refractivity contribution in [3.63, 3.8) is 0 Å². The summed E-state index contributed by atoms with van der Waals surface area (Å²) in [6.45, 7) is 4.89. The van der Waals surface area contributed by atoms with Crippen LogP contribution in [-0.2, 0) is 41.8 Å². The Balaban J connectivity index is 1.69. The first-order valence-corrected chi connectivity index (χ1v) is 12.3. The zero-order valence-corrected chi connectivity index (χ0v) is 20.0. The lowest BCUT2D eigenvalue weighted by Crippen LogP contribution is -2.34. The van der Waals surface area contributed by atoms with E-state index >= 15 is 0 Å². The third kappa shape index (κ3) is 8.27. The van der Waals surface area contributed by atoms with Crippen molar-refractivity contribution >= 4 is 23.5 Å². The zero-order valence-electron chi connectivity index (χ0n) is 19.2. The van der Waals surface area contributed by atoms with Gasteiger partial charge in [-0.3, -0.25) is 4.79 Å². The Morgan fingerprint density at radius 2 is 1.61 bits per heavy atom. The fraction of sp³-hybridized carbons (Fsp3) is 0.462. The van der Waals surface area contributed by atoms with Crippen LogP contribution in [0.4, 0.5) is 0 Å². The van der Waals surface area contributed by atoms with Gasteiger partial charge in [0.25, 0.3) is 0 Å². The SMILES string of the molecule is CCOC(=O)CS[C@H]1O[C@H](COCc2ccccc2)[C@H](OCc2ccccc2)[C@@H]1CC(C)=O. The third-order valence-corrected chi connectivity index (χ3v) is 6.51. The molecule has 0 radical (unpaired) electrons. The van der Waals surface area contributed by atoms with E-state index in [1.54, 1.807) is 13.8 Å². The first-order valence-electron chi connectivity index (χ1n) is 11.3. The van der Waals surface area contributed by atoms with Crippen LogP contribution in [0.2, 0.25) is 0 Å². The van der Waals surface area contributed by atoms with Crippen molar-refractivity contribution in [3.8, 4) is 0 Å². The van der Waals surface area contributed by atoms with E-state index in [-0.39, 0.29) is 41.1 Å². The van der Waals surface area contributed by atoms with E-state index in [0.29, 0.717) is 32.8 Å². The number of hydrogen-bond acceptors (Lipinski definition) is 7. The highest BCUT2D eigenvalue weighted by molar-refractivity contribution is 8.00. The summed E-state index contributed by atoms with van der Waals surface area (Å²) in [6, 6.07) is 19.8. The molecule has 2 aromatic rings. The minimum atomic E-state index is -0.357. The van der Waals surface area contributed by atoms with Gasteiger partial charge in [0.2, 0.25) is 0 Å². The van der Waals surface area contributed by atoms with Crippen LogP contribution in [0.1, 0.15) is 31.4 Å². The van der Waals surface area contributed by atoms with Gasteiger partial charge in [-0.1, -0.05) is 60.7 Å². The fourth-order valence-corrected chi connectivity index (χ4v) is 4.94. The highest BCUT2D eigenvalue weighted by atomic mass is 32.2. The Kier molecular flexibility index (Phi) is 10.4. The number of esters is 1. The van der Waals surface area contributed by atoms with Crippen molar-refractivity contribution in [1.82, 2.24) is 0 Å². The van der Waals surface area contributed by atoms with Crippen LogP contribution in [0.25, 0.3) is 0 Å². The number of Topliss-reactive ketones (excluding diaryl/α,β-unsaturated/α-hetero) is 1. The Hall–Kier alpha value is -2.19. The van der Waals surface area contributed by atoms with E-state index in [1.807, 2.05) is 60.7 Å². The number of carbonyl (C=O) groups is 2. The summed E-state index contributed by atoms with van der Waals surface area (Å²) in [5, 5.41) is 0. The lowest BCUT2D eigenvalue weighted by molar-refractivity contribution is -0.139. The molecule has 0 saturated carbocycles. The molecule has 0 aromatic heterocycles. The Morgan fingerprint density at radius 1 is 0.970 bits per heavy atom. The lowest BCUT2D eigenvalue weighted by atomic mass is 9.96. The predicted octanol–water partition coefficient (Wildman–Crippen LogP) is 4.41. The second-order valence-electron chi connectivity index (χ2n) is 7.99. The summed E-state index contributed by atoms with van der Waals surface area (Å²) in [5.74, 6) is -0.255. The monoisotopic (exact) mass is 472 g/mol. The molecule has 7 heteroatoms. The Labute approximate surface area is 199 Å². The molecule has 4 atom stereocenters. The van der Waals surface area contributed by atoms with Gasteiger partial charge in [0.15, 0.2) is 0 Å². The van der Waals surface area contributed by atoms with Gasteiger partial charge < -0.3 is 23.7 Å². The molecule has 2 aromatic carbocycles. The average molecular weight is 473 g/mol. The molecule has 1 fully saturated rings. The summed E-state index contributed by atoms with van der Waals surface area (Å²) < 4.78 is 23.6. The standard InChI is InChI=1S/C26H32O6S/c1-3-30-24(28)18-33-26-22(14-19(2)27)25(31-16-21-12-8-5-9-13-21)23(32-26)17-29-15-20-10-6-4-7-11-20/h4-13,22-23,25-26H,3,14-18H2,1-2H3/t22-,23+,25+,26+/m0/s1. The lowest BCUT2D eigenvalue weighted by Gasteiger charge is -2.24. The van der Waals surface area contributed by atoms with E-state index in [0.717, 1.165) is 11.1 Å². The number of ether oxygens (including phenoxy) is 4. The fourth-order valence-electron chi connectivity index (χ4n) is 3.84. The van der Waals surface area contributed by atoms with Gasteiger partial charge in [-0.15, -0.1) is 11.8 Å². The van der Waals surface area contributed by atoms with Crippen molar-refractivity contribution in [2.45, 2.75) is 51.1 Å². The summed E-state index contributed by atoms with van der Waals surface area (Å²) in [6.07, 6.45) is -0.360. The van der Waals surface area contributed by atoms with E-state index < -0.39 is 0 Å². The van der Waals surface area contributed by atoms with Crippen LogP contribution in [-0.4, -0.2) is 48.4 Å². The predicted molar refractivity (Wildman–Crippen MR) is 128 cm³/mol. The van der Waals surface area contributed by atoms with Crippen molar-refractivity contribution in [1.29, 1.82) is 0 Å². The molecule has 3 rings (SSSR count). The number of ketones is 1. The minimum Gasteiger partial charge on any atom is -0.465 e. The maximum Gasteiger partial charge on any atom is 0.315 e. The Morgan fingerprint density at radius 3 is 2.21 bits per heavy atom. The molecule has 33 heavy (non-hydrogen) atoms. The van der Waals surface area contributed by atoms with Crippen LogP contribution in [0.5, 0.6) is 0 Å². The maximum absolute atomic E-state index is 12.1. The van der Waals surface area contributed by atoms with Crippen LogP contribution >= 0.6 is 11.8 Å². The normalized spacial score (nSPS) is 22.2. The van der Waals surface area contributed by atoms with Crippen molar-refractivity contribution in [3.05, 3.63) is 71.8 Å². The summed E-state index contributed by atoms with van der Waals surface area (Å²) >= 11 is 1.36. The molecular formula is C26H32O6S. The second-order valence-corrected chi connectivity index (χ2v) is 9.08. The molecule has 0 spiro atoms. The summed E-state index contributed by atoms with van der Waals surface area (Å²) in [4.78, 5) is 24.0. The van der Waals surface area contributed by atoms with Crippen LogP contribution in [0, 0.1) is 5.92 Å². The number of carbonyl (C=O) groups excluding carboxylic acids is 2. The minimum absolute atomic E-state index is 0.0597. The summed E-state index contributed by atoms with van der Waals surface area (Å²) in [5.41, 5.74) is 1.76. The van der Waals surface area contributed by atoms with E-state index in [1.165, 1.54) is 11.8 Å². The average Bonchev–Trinajstić information content (AvgIpc) is 3.13. The number of rotatable bonds is 13. The molecule has 0 aliphatic carbocycles. The van der Waals surface area contributed by atoms with Crippen molar-refractivity contribution in [2.75, 3.05) is 19.0 Å². The van der Waals surface area contributed by atoms with Crippen molar-refractivity contribution < 1.29 is 28.5 Å². The third-order valence-electron chi connectivity index (χ3n) is 5.32. The molecular weight excluding hydrogens is 440 g/mol. The molecule has 1 aliphatic rings. The van der Waals surface area contributed by atoms with Gasteiger partial charge in [-0.25, -0.2) is 0 Å². The smallest absolute Gasteiger partial charge is 0.315 e. The number of thioether (sulfide) groups is 1. The van der Waals surface area contributed by atoms with Crippen molar-refractivity contribution in [2.24, 2.45) is 5.92 Å². The number of benzene rings is 2. The van der Waals surface area contributed by atoms with Gasteiger partial charge in [-0.05, 0) is 25.0 Å². The summed E-state index contributed by atoms with van der Waals surface area (Å²) in [7, 11) is 0. The first kappa shape index (κ1) is 25.4. The molecule has 178 valence electrons. The topological polar surface area (TPSA) is 71.1 Å². The highest BCUT2D eigenvalue weighted by Gasteiger charge is 2.46. The van der Waals surface area contributed by atoms with Crippen LogP contribution in [0.3, 0.4) is 0 Å². The van der Waals surface area contributed by atoms with Gasteiger partial charge >= 0.3 is 5.97 Å². The molecule has 0 N–H and O–H groups in total. The molecule has 1 aliphatic heterocycles. The van der Waals surface area contributed by atoms with Gasteiger partial charge in [0.05, 0.1) is 38.3 Å². The largest absolute Gasteiger partial charge is 0.465 e. The molecule has 1 saturated heterocycles. The molecule has 1 heterocycles. The molecule has 6 nitrogen and oxygen atoms in total. The van der Waals surface area contributed by atoms with Crippen LogP contribution < -0.4 is 0 Å². The molecule has 0 bridgehead atoms. The highest BCUT2D eigenvalue weighted by Crippen LogP contribution is 2.39.